The van der Waals surface area contributed by atoms with Gasteiger partial charge in [0.15, 0.2) is 5.69 Å². The highest BCUT2D eigenvalue weighted by molar-refractivity contribution is 5.95. The van der Waals surface area contributed by atoms with Crippen LogP contribution < -0.4 is 10.4 Å². The molecular formula is C21H22N2O5. The molecular weight excluding hydrogens is 360 g/mol. The number of esters is 1. The van der Waals surface area contributed by atoms with E-state index in [2.05, 4.69) is 4.98 Å². The van der Waals surface area contributed by atoms with E-state index in [1.165, 1.54) is 4.57 Å². The van der Waals surface area contributed by atoms with Crippen molar-refractivity contribution in [2.75, 3.05) is 26.9 Å². The van der Waals surface area contributed by atoms with Gasteiger partial charge in [-0.2, -0.15) is 0 Å². The number of carbonyl (C=O) groups is 1. The molecule has 1 heterocycles. The summed E-state index contributed by atoms with van der Waals surface area (Å²) in [6, 6.07) is 16.4. The molecule has 7 heteroatoms. The summed E-state index contributed by atoms with van der Waals surface area (Å²) in [5, 5.41) is 0. The van der Waals surface area contributed by atoms with Gasteiger partial charge in [0.1, 0.15) is 12.4 Å². The Morgan fingerprint density at radius 1 is 1.04 bits per heavy atom. The largest absolute Gasteiger partial charge is 0.489 e. The van der Waals surface area contributed by atoms with Crippen molar-refractivity contribution in [3.63, 3.8) is 0 Å². The first-order chi connectivity index (χ1) is 13.7. The third-order valence-electron chi connectivity index (χ3n) is 4.07. The van der Waals surface area contributed by atoms with Crippen molar-refractivity contribution in [1.29, 1.82) is 0 Å². The number of para-hydroxylation sites is 2. The minimum Gasteiger partial charge on any atom is -0.489 e. The average Bonchev–Trinajstić information content (AvgIpc) is 3.06. The van der Waals surface area contributed by atoms with E-state index in [9.17, 15) is 9.59 Å². The predicted molar refractivity (Wildman–Crippen MR) is 105 cm³/mol. The fourth-order valence-corrected chi connectivity index (χ4v) is 2.88. The van der Waals surface area contributed by atoms with Crippen LogP contribution in [0.25, 0.3) is 16.9 Å². The molecule has 28 heavy (non-hydrogen) atoms. The van der Waals surface area contributed by atoms with E-state index < -0.39 is 11.7 Å². The van der Waals surface area contributed by atoms with Crippen LogP contribution in [0.1, 0.15) is 17.4 Å². The van der Waals surface area contributed by atoms with Crippen molar-refractivity contribution >= 4 is 5.97 Å². The van der Waals surface area contributed by atoms with Crippen LogP contribution in [-0.2, 0) is 9.47 Å². The molecule has 1 N–H and O–H groups in total. The fourth-order valence-electron chi connectivity index (χ4n) is 2.88. The third kappa shape index (κ3) is 3.99. The lowest BCUT2D eigenvalue weighted by atomic mass is 10.1. The number of hydrogen-bond acceptors (Lipinski definition) is 5. The first kappa shape index (κ1) is 19.4. The maximum absolute atomic E-state index is 12.8. The Bertz CT molecular complexity index is 992. The zero-order chi connectivity index (χ0) is 19.9. The molecule has 0 saturated heterocycles. The van der Waals surface area contributed by atoms with Gasteiger partial charge in [0.2, 0.25) is 0 Å². The maximum atomic E-state index is 12.8. The Morgan fingerprint density at radius 3 is 2.46 bits per heavy atom. The smallest absolute Gasteiger partial charge is 0.357 e. The first-order valence-corrected chi connectivity index (χ1v) is 8.96. The summed E-state index contributed by atoms with van der Waals surface area (Å²) in [5.41, 5.74) is 1.30. The van der Waals surface area contributed by atoms with E-state index in [0.717, 1.165) is 0 Å². The lowest BCUT2D eigenvalue weighted by Gasteiger charge is -2.14. The second kappa shape index (κ2) is 9.05. The van der Waals surface area contributed by atoms with E-state index in [-0.39, 0.29) is 12.3 Å². The fraction of sp³-hybridized carbons (Fsp3) is 0.238. The Labute approximate surface area is 162 Å². The number of nitrogens with one attached hydrogen (secondary N) is 1. The summed E-state index contributed by atoms with van der Waals surface area (Å²) in [4.78, 5) is 28.0. The van der Waals surface area contributed by atoms with E-state index in [4.69, 9.17) is 14.2 Å². The Hall–Kier alpha value is -3.32. The summed E-state index contributed by atoms with van der Waals surface area (Å²) >= 11 is 0. The van der Waals surface area contributed by atoms with Gasteiger partial charge < -0.3 is 14.2 Å². The second-order valence-corrected chi connectivity index (χ2v) is 5.88. The highest BCUT2D eigenvalue weighted by Crippen LogP contribution is 2.29. The number of benzene rings is 2. The van der Waals surface area contributed by atoms with Gasteiger partial charge in [-0.05, 0) is 19.1 Å². The molecule has 0 atom stereocenters. The quantitative estimate of drug-likeness (QED) is 0.478. The Balaban J connectivity index is 2.20. The van der Waals surface area contributed by atoms with Crippen LogP contribution in [0.5, 0.6) is 5.75 Å². The Kier molecular flexibility index (Phi) is 6.29. The minimum absolute atomic E-state index is 0.102. The van der Waals surface area contributed by atoms with Crippen LogP contribution in [0.15, 0.2) is 59.4 Å². The van der Waals surface area contributed by atoms with Crippen molar-refractivity contribution in [3.8, 4) is 22.7 Å². The van der Waals surface area contributed by atoms with Crippen LogP contribution in [0.3, 0.4) is 0 Å². The molecule has 0 radical (unpaired) electrons. The van der Waals surface area contributed by atoms with E-state index in [0.29, 0.717) is 35.9 Å². The monoisotopic (exact) mass is 382 g/mol. The number of H-pyrrole nitrogens is 1. The normalized spacial score (nSPS) is 10.6. The lowest BCUT2D eigenvalue weighted by molar-refractivity contribution is 0.0521. The SMILES string of the molecule is CCOC(=O)c1[nH]c(=O)n(-c2ccccc2OCCOC)c1-c1ccccc1. The van der Waals surface area contributed by atoms with Gasteiger partial charge in [0, 0.05) is 12.7 Å². The zero-order valence-corrected chi connectivity index (χ0v) is 15.8. The molecule has 3 aromatic rings. The van der Waals surface area contributed by atoms with E-state index in [1.54, 1.807) is 32.2 Å². The van der Waals surface area contributed by atoms with Crippen LogP contribution in [-0.4, -0.2) is 42.5 Å². The molecule has 146 valence electrons. The van der Waals surface area contributed by atoms with Crippen molar-refractivity contribution < 1.29 is 19.0 Å². The number of hydrogen-bond donors (Lipinski definition) is 1. The number of imidazole rings is 1. The zero-order valence-electron chi connectivity index (χ0n) is 15.8. The van der Waals surface area contributed by atoms with E-state index in [1.807, 2.05) is 36.4 Å². The molecule has 0 bridgehead atoms. The number of nitrogens with zero attached hydrogens (tertiary/aromatic N) is 1. The van der Waals surface area contributed by atoms with Gasteiger partial charge in [0.05, 0.1) is 24.6 Å². The van der Waals surface area contributed by atoms with Crippen molar-refractivity contribution in [1.82, 2.24) is 9.55 Å². The number of rotatable bonds is 8. The number of aromatic nitrogens is 2. The highest BCUT2D eigenvalue weighted by Gasteiger charge is 2.24. The van der Waals surface area contributed by atoms with Gasteiger partial charge >= 0.3 is 11.7 Å². The topological polar surface area (TPSA) is 82.6 Å². The molecule has 0 aliphatic heterocycles. The van der Waals surface area contributed by atoms with Crippen LogP contribution in [0.4, 0.5) is 0 Å². The minimum atomic E-state index is -0.588. The predicted octanol–water partition coefficient (Wildman–Crippen LogP) is 3.03. The van der Waals surface area contributed by atoms with Gasteiger partial charge in [-0.3, -0.25) is 9.55 Å². The molecule has 0 fully saturated rings. The van der Waals surface area contributed by atoms with E-state index >= 15 is 0 Å². The second-order valence-electron chi connectivity index (χ2n) is 5.88. The number of ether oxygens (including phenoxy) is 3. The first-order valence-electron chi connectivity index (χ1n) is 8.96. The maximum Gasteiger partial charge on any atom is 0.357 e. The molecule has 0 amide bonds. The summed E-state index contributed by atoms with van der Waals surface area (Å²) in [6.45, 7) is 2.67. The number of carbonyl (C=O) groups excluding carboxylic acids is 1. The standard InChI is InChI=1S/C21H22N2O5/c1-3-27-20(24)18-19(15-9-5-4-6-10-15)23(21(25)22-18)16-11-7-8-12-17(16)28-14-13-26-2/h4-12H,3,13-14H2,1-2H3,(H,22,25). The Morgan fingerprint density at radius 2 is 1.75 bits per heavy atom. The third-order valence-corrected chi connectivity index (χ3v) is 4.07. The molecule has 1 aromatic heterocycles. The summed E-state index contributed by atoms with van der Waals surface area (Å²) in [6.07, 6.45) is 0. The van der Waals surface area contributed by atoms with Crippen molar-refractivity contribution in [2.24, 2.45) is 0 Å². The summed E-state index contributed by atoms with van der Waals surface area (Å²) in [5.74, 6) is -0.0803. The van der Waals surface area contributed by atoms with Crippen molar-refractivity contribution in [2.45, 2.75) is 6.92 Å². The molecule has 3 rings (SSSR count). The lowest BCUT2D eigenvalue weighted by Crippen LogP contribution is -2.17. The highest BCUT2D eigenvalue weighted by atomic mass is 16.5. The molecule has 0 aliphatic carbocycles. The summed E-state index contributed by atoms with van der Waals surface area (Å²) in [7, 11) is 1.59. The summed E-state index contributed by atoms with van der Waals surface area (Å²) < 4.78 is 17.4. The molecule has 0 unspecified atom stereocenters. The van der Waals surface area contributed by atoms with Crippen LogP contribution in [0, 0.1) is 0 Å². The van der Waals surface area contributed by atoms with Gasteiger partial charge in [0.25, 0.3) is 0 Å². The molecule has 2 aromatic carbocycles. The molecule has 0 spiro atoms. The van der Waals surface area contributed by atoms with Gasteiger partial charge in [-0.25, -0.2) is 9.59 Å². The number of aromatic amines is 1. The van der Waals surface area contributed by atoms with Crippen molar-refractivity contribution in [3.05, 3.63) is 70.8 Å². The molecule has 0 aliphatic rings. The average molecular weight is 382 g/mol. The number of methoxy groups -OCH3 is 1. The van der Waals surface area contributed by atoms with Gasteiger partial charge in [-0.1, -0.05) is 42.5 Å². The van der Waals surface area contributed by atoms with Crippen LogP contribution >= 0.6 is 0 Å². The van der Waals surface area contributed by atoms with Gasteiger partial charge in [-0.15, -0.1) is 0 Å². The van der Waals surface area contributed by atoms with Crippen LogP contribution in [0.2, 0.25) is 0 Å². The molecule has 7 nitrogen and oxygen atoms in total. The molecule has 0 saturated carbocycles.